The first-order chi connectivity index (χ1) is 18.2. The van der Waals surface area contributed by atoms with Crippen molar-refractivity contribution >= 4 is 29.4 Å². The molecular weight excluding hydrogens is 512 g/mol. The van der Waals surface area contributed by atoms with E-state index in [-0.39, 0.29) is 22.6 Å². The Bertz CT molecular complexity index is 1630. The second-order valence-corrected chi connectivity index (χ2v) is 9.20. The predicted octanol–water partition coefficient (Wildman–Crippen LogP) is 2.36. The zero-order valence-electron chi connectivity index (χ0n) is 21.7. The van der Waals surface area contributed by atoms with Crippen LogP contribution in [0.5, 0.6) is 23.0 Å². The third kappa shape index (κ3) is 4.92. The Kier molecular flexibility index (Phi) is 7.67. The lowest BCUT2D eigenvalue weighted by Crippen LogP contribution is -2.39. The van der Waals surface area contributed by atoms with Crippen LogP contribution in [0.2, 0.25) is 0 Å². The first-order valence-corrected chi connectivity index (χ1v) is 12.2. The number of fused-ring (bicyclic) bond motifs is 1. The molecule has 0 aliphatic carbocycles. The van der Waals surface area contributed by atoms with E-state index in [0.29, 0.717) is 32.1 Å². The molecule has 38 heavy (non-hydrogen) atoms. The quantitative estimate of drug-likeness (QED) is 0.333. The lowest BCUT2D eigenvalue weighted by atomic mass is 9.95. The third-order valence-corrected chi connectivity index (χ3v) is 6.87. The van der Waals surface area contributed by atoms with Crippen molar-refractivity contribution < 1.29 is 33.3 Å². The number of thiazole rings is 1. The van der Waals surface area contributed by atoms with E-state index in [4.69, 9.17) is 23.7 Å². The summed E-state index contributed by atoms with van der Waals surface area (Å²) < 4.78 is 28.2. The van der Waals surface area contributed by atoms with Gasteiger partial charge in [0.15, 0.2) is 27.8 Å². The van der Waals surface area contributed by atoms with Crippen molar-refractivity contribution in [3.8, 4) is 23.0 Å². The van der Waals surface area contributed by atoms with E-state index in [1.165, 1.54) is 44.2 Å². The van der Waals surface area contributed by atoms with Crippen LogP contribution in [0.15, 0.2) is 57.5 Å². The molecule has 0 N–H and O–H groups in total. The SMILES string of the molecule is COC(=O)C1=C(C)N=c2s/c(=C/c3ccc(OC)c(OC)c3)c(=O)n2[C@H]1c1ccc(OC(C)=O)c(OC)c1. The summed E-state index contributed by atoms with van der Waals surface area (Å²) >= 11 is 1.19. The number of allylic oxidation sites excluding steroid dienone is 1. The lowest BCUT2D eigenvalue weighted by Gasteiger charge is -2.25. The van der Waals surface area contributed by atoms with E-state index in [1.807, 2.05) is 0 Å². The molecule has 0 spiro atoms. The van der Waals surface area contributed by atoms with Gasteiger partial charge in [0.25, 0.3) is 5.56 Å². The molecule has 4 rings (SSSR count). The van der Waals surface area contributed by atoms with Gasteiger partial charge in [-0.3, -0.25) is 14.2 Å². The van der Waals surface area contributed by atoms with Gasteiger partial charge in [-0.1, -0.05) is 23.5 Å². The van der Waals surface area contributed by atoms with E-state index in [1.54, 1.807) is 56.5 Å². The molecule has 0 bridgehead atoms. The molecular formula is C27H26N2O8S. The van der Waals surface area contributed by atoms with Crippen LogP contribution in [-0.2, 0) is 14.3 Å². The molecule has 0 saturated carbocycles. The van der Waals surface area contributed by atoms with E-state index in [9.17, 15) is 14.4 Å². The van der Waals surface area contributed by atoms with E-state index >= 15 is 0 Å². The minimum Gasteiger partial charge on any atom is -0.493 e. The van der Waals surface area contributed by atoms with Crippen LogP contribution in [-0.4, -0.2) is 44.9 Å². The average Bonchev–Trinajstić information content (AvgIpc) is 3.21. The van der Waals surface area contributed by atoms with Gasteiger partial charge in [0.05, 0.1) is 50.3 Å². The number of nitrogens with zero attached hydrogens (tertiary/aromatic N) is 2. The van der Waals surface area contributed by atoms with Crippen molar-refractivity contribution in [1.29, 1.82) is 0 Å². The summed E-state index contributed by atoms with van der Waals surface area (Å²) in [6, 6.07) is 9.31. The predicted molar refractivity (Wildman–Crippen MR) is 140 cm³/mol. The number of benzene rings is 2. The summed E-state index contributed by atoms with van der Waals surface area (Å²) in [5.74, 6) is 0.443. The highest BCUT2D eigenvalue weighted by Crippen LogP contribution is 2.36. The van der Waals surface area contributed by atoms with Crippen molar-refractivity contribution in [2.75, 3.05) is 28.4 Å². The second kappa shape index (κ2) is 10.9. The van der Waals surface area contributed by atoms with Gasteiger partial charge in [0.1, 0.15) is 0 Å². The Labute approximate surface area is 222 Å². The van der Waals surface area contributed by atoms with Crippen molar-refractivity contribution in [2.24, 2.45) is 4.99 Å². The van der Waals surface area contributed by atoms with E-state index in [2.05, 4.69) is 4.99 Å². The van der Waals surface area contributed by atoms with Gasteiger partial charge in [-0.2, -0.15) is 0 Å². The number of hydrogen-bond acceptors (Lipinski definition) is 10. The Morgan fingerprint density at radius 3 is 2.24 bits per heavy atom. The number of ether oxygens (including phenoxy) is 5. The molecule has 1 aliphatic rings. The normalized spacial score (nSPS) is 14.9. The van der Waals surface area contributed by atoms with Gasteiger partial charge in [-0.25, -0.2) is 9.79 Å². The Balaban J connectivity index is 1.93. The summed E-state index contributed by atoms with van der Waals surface area (Å²) in [7, 11) is 5.79. The van der Waals surface area contributed by atoms with E-state index < -0.39 is 18.0 Å². The summed E-state index contributed by atoms with van der Waals surface area (Å²) in [5.41, 5.74) is 1.56. The van der Waals surface area contributed by atoms with Crippen LogP contribution < -0.4 is 33.8 Å². The molecule has 0 amide bonds. The topological polar surface area (TPSA) is 115 Å². The summed E-state index contributed by atoms with van der Waals surface area (Å²) in [4.78, 5) is 43.1. The summed E-state index contributed by atoms with van der Waals surface area (Å²) in [6.07, 6.45) is 1.73. The fourth-order valence-electron chi connectivity index (χ4n) is 4.20. The molecule has 11 heteroatoms. The Hall–Kier alpha value is -4.38. The first-order valence-electron chi connectivity index (χ1n) is 11.4. The van der Waals surface area contributed by atoms with Crippen LogP contribution in [0.4, 0.5) is 0 Å². The molecule has 2 aromatic carbocycles. The van der Waals surface area contributed by atoms with Gasteiger partial charge in [0, 0.05) is 6.92 Å². The molecule has 10 nitrogen and oxygen atoms in total. The molecule has 198 valence electrons. The van der Waals surface area contributed by atoms with Crippen molar-refractivity contribution in [2.45, 2.75) is 19.9 Å². The molecule has 1 atom stereocenters. The zero-order valence-corrected chi connectivity index (χ0v) is 22.5. The van der Waals surface area contributed by atoms with Crippen molar-refractivity contribution in [1.82, 2.24) is 4.57 Å². The number of aromatic nitrogens is 1. The van der Waals surface area contributed by atoms with Crippen LogP contribution in [0.1, 0.15) is 31.0 Å². The van der Waals surface area contributed by atoms with Crippen LogP contribution in [0.25, 0.3) is 6.08 Å². The third-order valence-electron chi connectivity index (χ3n) is 5.89. The minimum atomic E-state index is -0.855. The number of esters is 2. The van der Waals surface area contributed by atoms with Crippen LogP contribution in [0.3, 0.4) is 0 Å². The molecule has 3 aromatic rings. The van der Waals surface area contributed by atoms with Gasteiger partial charge in [-0.05, 0) is 48.4 Å². The molecule has 2 heterocycles. The number of hydrogen-bond donors (Lipinski definition) is 0. The van der Waals surface area contributed by atoms with Gasteiger partial charge in [0.2, 0.25) is 0 Å². The van der Waals surface area contributed by atoms with Crippen molar-refractivity contribution in [3.05, 3.63) is 78.5 Å². The highest BCUT2D eigenvalue weighted by molar-refractivity contribution is 7.07. The monoisotopic (exact) mass is 538 g/mol. The number of carbonyl (C=O) groups is 2. The standard InChI is InChI=1S/C27H26N2O8S/c1-14-23(26(32)36-6)24(17-8-10-19(37-15(2)30)21(13-17)35-5)29-25(31)22(38-27(29)28-14)12-16-7-9-18(33-3)20(11-16)34-4/h7-13,24H,1-6H3/b22-12+/t24-/m0/s1. The first kappa shape index (κ1) is 26.7. The zero-order chi connectivity index (χ0) is 27.6. The van der Waals surface area contributed by atoms with Gasteiger partial charge in [-0.15, -0.1) is 0 Å². The van der Waals surface area contributed by atoms with E-state index in [0.717, 1.165) is 5.56 Å². The van der Waals surface area contributed by atoms with Crippen LogP contribution in [0, 0.1) is 0 Å². The average molecular weight is 539 g/mol. The molecule has 0 fully saturated rings. The summed E-state index contributed by atoms with van der Waals surface area (Å²) in [5, 5.41) is 0. The Morgan fingerprint density at radius 1 is 0.947 bits per heavy atom. The highest BCUT2D eigenvalue weighted by Gasteiger charge is 2.33. The lowest BCUT2D eigenvalue weighted by molar-refractivity contribution is -0.136. The number of methoxy groups -OCH3 is 4. The number of carbonyl (C=O) groups excluding carboxylic acids is 2. The second-order valence-electron chi connectivity index (χ2n) is 8.19. The van der Waals surface area contributed by atoms with Gasteiger partial charge >= 0.3 is 11.9 Å². The molecule has 1 aromatic heterocycles. The fraction of sp³-hybridized carbons (Fsp3) is 0.259. The maximum atomic E-state index is 13.8. The largest absolute Gasteiger partial charge is 0.493 e. The maximum Gasteiger partial charge on any atom is 0.338 e. The van der Waals surface area contributed by atoms with Crippen LogP contribution >= 0.6 is 11.3 Å². The smallest absolute Gasteiger partial charge is 0.338 e. The molecule has 1 aliphatic heterocycles. The summed E-state index contributed by atoms with van der Waals surface area (Å²) in [6.45, 7) is 2.97. The maximum absolute atomic E-state index is 13.8. The Morgan fingerprint density at radius 2 is 1.61 bits per heavy atom. The van der Waals surface area contributed by atoms with Gasteiger partial charge < -0.3 is 23.7 Å². The molecule has 0 saturated heterocycles. The number of rotatable bonds is 7. The minimum absolute atomic E-state index is 0.208. The molecule has 0 unspecified atom stereocenters. The highest BCUT2D eigenvalue weighted by atomic mass is 32.1. The van der Waals surface area contributed by atoms with Crippen molar-refractivity contribution in [3.63, 3.8) is 0 Å². The fourth-order valence-corrected chi connectivity index (χ4v) is 5.24. The molecule has 0 radical (unpaired) electrons.